The van der Waals surface area contributed by atoms with Crippen molar-refractivity contribution in [1.29, 1.82) is 0 Å². The van der Waals surface area contributed by atoms with E-state index in [9.17, 15) is 13.2 Å². The van der Waals surface area contributed by atoms with Gasteiger partial charge < -0.3 is 15.1 Å². The van der Waals surface area contributed by atoms with E-state index in [2.05, 4.69) is 9.71 Å². The van der Waals surface area contributed by atoms with Gasteiger partial charge in [-0.15, -0.1) is 4.40 Å². The molecule has 0 radical (unpaired) electrons. The number of fused-ring (bicyclic) bond motifs is 1. The number of hydrogen-bond donors (Lipinski definition) is 1. The summed E-state index contributed by atoms with van der Waals surface area (Å²) in [6.07, 6.45) is 0. The van der Waals surface area contributed by atoms with Crippen molar-refractivity contribution in [3.05, 3.63) is 53.1 Å². The average molecular weight is 407 g/mol. The molecule has 0 saturated carbocycles. The Morgan fingerprint density at radius 1 is 1.15 bits per heavy atom. The maximum absolute atomic E-state index is 12.5. The number of anilines is 2. The molecule has 27 heavy (non-hydrogen) atoms. The van der Waals surface area contributed by atoms with Crippen LogP contribution in [0.25, 0.3) is 0 Å². The Morgan fingerprint density at radius 2 is 1.85 bits per heavy atom. The van der Waals surface area contributed by atoms with E-state index in [1.807, 2.05) is 25.1 Å². The first-order valence-corrected chi connectivity index (χ1v) is 9.93. The first kappa shape index (κ1) is 19.2. The lowest BCUT2D eigenvalue weighted by molar-refractivity contribution is -0.116. The summed E-state index contributed by atoms with van der Waals surface area (Å²) in [5.74, 6) is -0.0629. The Hall–Kier alpha value is -2.58. The molecule has 0 aliphatic carbocycles. The lowest BCUT2D eigenvalue weighted by atomic mass is 10.2. The molecule has 142 valence electrons. The van der Waals surface area contributed by atoms with E-state index in [4.69, 9.17) is 11.6 Å². The molecule has 1 amide bonds. The van der Waals surface area contributed by atoms with Gasteiger partial charge >= 0.3 is 0 Å². The number of hydrogen-bond acceptors (Lipinski definition) is 5. The van der Waals surface area contributed by atoms with Gasteiger partial charge in [-0.05, 0) is 30.3 Å². The van der Waals surface area contributed by atoms with Crippen LogP contribution >= 0.6 is 11.6 Å². The average Bonchev–Trinajstić information content (AvgIpc) is 2.86. The topological polar surface area (TPSA) is 82.1 Å². The summed E-state index contributed by atoms with van der Waals surface area (Å²) in [5, 5.41) is 3.32. The first-order chi connectivity index (χ1) is 12.7. The van der Waals surface area contributed by atoms with Gasteiger partial charge in [0.15, 0.2) is 5.84 Å². The van der Waals surface area contributed by atoms with E-state index in [0.29, 0.717) is 16.3 Å². The van der Waals surface area contributed by atoms with Gasteiger partial charge in [0.1, 0.15) is 4.90 Å². The summed E-state index contributed by atoms with van der Waals surface area (Å²) in [6.45, 7) is -0.0674. The number of sulfonamides is 1. The molecule has 3 rings (SSSR count). The van der Waals surface area contributed by atoms with Crippen LogP contribution < -0.4 is 10.2 Å². The third-order valence-corrected chi connectivity index (χ3v) is 5.63. The second kappa shape index (κ2) is 7.21. The van der Waals surface area contributed by atoms with Gasteiger partial charge in [0.05, 0.1) is 17.9 Å². The minimum absolute atomic E-state index is 0.0674. The Kier molecular flexibility index (Phi) is 5.12. The molecule has 9 heteroatoms. The monoisotopic (exact) mass is 406 g/mol. The second-order valence-electron chi connectivity index (χ2n) is 6.35. The Bertz CT molecular complexity index is 1030. The van der Waals surface area contributed by atoms with E-state index in [1.54, 1.807) is 37.4 Å². The van der Waals surface area contributed by atoms with E-state index in [0.717, 1.165) is 5.69 Å². The quantitative estimate of drug-likeness (QED) is 0.843. The standard InChI is InChI=1S/C18H19ClN4O3S/c1-22(2)15-9-8-12(19)10-14(15)20-17(24)11-23(3)18-13-6-4-5-7-16(13)27(25,26)21-18/h4-10H,11H2,1-3H3,(H,20,24). The summed E-state index contributed by atoms with van der Waals surface area (Å²) in [7, 11) is 1.62. The molecule has 1 aliphatic rings. The Labute approximate surface area is 163 Å². The van der Waals surface area contributed by atoms with Gasteiger partial charge in [-0.25, -0.2) is 0 Å². The zero-order valence-electron chi connectivity index (χ0n) is 15.1. The van der Waals surface area contributed by atoms with Crippen LogP contribution in [0.5, 0.6) is 0 Å². The van der Waals surface area contributed by atoms with Crippen LogP contribution in [0, 0.1) is 0 Å². The van der Waals surface area contributed by atoms with E-state index in [1.165, 1.54) is 11.0 Å². The van der Waals surface area contributed by atoms with Crippen molar-refractivity contribution in [2.75, 3.05) is 37.9 Å². The smallest absolute Gasteiger partial charge is 0.285 e. The molecule has 0 unspecified atom stereocenters. The van der Waals surface area contributed by atoms with Crippen molar-refractivity contribution in [2.45, 2.75) is 4.90 Å². The van der Waals surface area contributed by atoms with Crippen LogP contribution in [0.3, 0.4) is 0 Å². The van der Waals surface area contributed by atoms with E-state index in [-0.39, 0.29) is 23.2 Å². The molecule has 0 atom stereocenters. The molecule has 0 bridgehead atoms. The van der Waals surface area contributed by atoms with Gasteiger partial charge in [0.2, 0.25) is 5.91 Å². The normalized spacial score (nSPS) is 14.3. The highest BCUT2D eigenvalue weighted by Crippen LogP contribution is 2.29. The van der Waals surface area contributed by atoms with Gasteiger partial charge in [0.25, 0.3) is 10.0 Å². The van der Waals surface area contributed by atoms with Gasteiger partial charge in [-0.2, -0.15) is 8.42 Å². The maximum Gasteiger partial charge on any atom is 0.285 e. The lowest BCUT2D eigenvalue weighted by Gasteiger charge is -2.21. The number of halogens is 1. The molecule has 0 saturated heterocycles. The van der Waals surface area contributed by atoms with Crippen LogP contribution in [0.15, 0.2) is 51.8 Å². The molecular weight excluding hydrogens is 388 g/mol. The number of nitrogens with zero attached hydrogens (tertiary/aromatic N) is 3. The number of nitrogens with one attached hydrogen (secondary N) is 1. The zero-order valence-corrected chi connectivity index (χ0v) is 16.7. The molecule has 0 aromatic heterocycles. The van der Waals surface area contributed by atoms with Crippen molar-refractivity contribution in [3.63, 3.8) is 0 Å². The van der Waals surface area contributed by atoms with Crippen molar-refractivity contribution >= 4 is 44.7 Å². The number of amides is 1. The van der Waals surface area contributed by atoms with Crippen molar-refractivity contribution in [3.8, 4) is 0 Å². The maximum atomic E-state index is 12.5. The van der Waals surface area contributed by atoms with E-state index >= 15 is 0 Å². The van der Waals surface area contributed by atoms with Crippen LogP contribution in [-0.4, -0.2) is 52.7 Å². The first-order valence-electron chi connectivity index (χ1n) is 8.11. The predicted molar refractivity (Wildman–Crippen MR) is 107 cm³/mol. The summed E-state index contributed by atoms with van der Waals surface area (Å²) in [4.78, 5) is 16.0. The van der Waals surface area contributed by atoms with Crippen molar-refractivity contribution in [1.82, 2.24) is 4.90 Å². The highest BCUT2D eigenvalue weighted by Gasteiger charge is 2.31. The van der Waals surface area contributed by atoms with Crippen LogP contribution in [0.1, 0.15) is 5.56 Å². The zero-order chi connectivity index (χ0) is 19.8. The summed E-state index contributed by atoms with van der Waals surface area (Å²) in [5.41, 5.74) is 1.87. The minimum Gasteiger partial charge on any atom is -0.376 e. The Balaban J connectivity index is 1.79. The number of amidine groups is 1. The minimum atomic E-state index is -3.73. The molecule has 0 fully saturated rings. The van der Waals surface area contributed by atoms with Crippen molar-refractivity contribution in [2.24, 2.45) is 4.40 Å². The fourth-order valence-electron chi connectivity index (χ4n) is 2.84. The number of rotatable bonds is 4. The molecule has 0 spiro atoms. The lowest BCUT2D eigenvalue weighted by Crippen LogP contribution is -2.35. The molecule has 2 aromatic carbocycles. The highest BCUT2D eigenvalue weighted by molar-refractivity contribution is 7.90. The number of benzene rings is 2. The van der Waals surface area contributed by atoms with Gasteiger partial charge in [0, 0.05) is 31.7 Å². The molecule has 1 N–H and O–H groups in total. The molecule has 2 aromatic rings. The third-order valence-electron chi connectivity index (χ3n) is 4.07. The molecule has 1 aliphatic heterocycles. The van der Waals surface area contributed by atoms with Crippen molar-refractivity contribution < 1.29 is 13.2 Å². The number of carbonyl (C=O) groups is 1. The molecule has 1 heterocycles. The molecular formula is C18H19ClN4O3S. The van der Waals surface area contributed by atoms with Crippen LogP contribution in [0.2, 0.25) is 5.02 Å². The van der Waals surface area contributed by atoms with Crippen LogP contribution in [-0.2, 0) is 14.8 Å². The predicted octanol–water partition coefficient (Wildman–Crippen LogP) is 2.43. The molecule has 7 nitrogen and oxygen atoms in total. The fraction of sp³-hybridized carbons (Fsp3) is 0.222. The highest BCUT2D eigenvalue weighted by atomic mass is 35.5. The number of likely N-dealkylation sites (N-methyl/N-ethyl adjacent to an activating group) is 1. The summed E-state index contributed by atoms with van der Waals surface area (Å²) in [6, 6.07) is 11.8. The van der Waals surface area contributed by atoms with Gasteiger partial charge in [-0.1, -0.05) is 23.7 Å². The third kappa shape index (κ3) is 3.91. The number of carbonyl (C=O) groups excluding carboxylic acids is 1. The fourth-order valence-corrected chi connectivity index (χ4v) is 4.27. The van der Waals surface area contributed by atoms with E-state index < -0.39 is 10.0 Å². The second-order valence-corrected chi connectivity index (χ2v) is 8.36. The summed E-state index contributed by atoms with van der Waals surface area (Å²) < 4.78 is 28.1. The van der Waals surface area contributed by atoms with Crippen LogP contribution in [0.4, 0.5) is 11.4 Å². The largest absolute Gasteiger partial charge is 0.376 e. The Morgan fingerprint density at radius 3 is 2.56 bits per heavy atom. The summed E-state index contributed by atoms with van der Waals surface area (Å²) >= 11 is 6.04. The van der Waals surface area contributed by atoms with Gasteiger partial charge in [-0.3, -0.25) is 4.79 Å². The SMILES string of the molecule is CN(CC(=O)Nc1cc(Cl)ccc1N(C)C)C1=NS(=O)(=O)c2ccccc21.